The first-order valence-corrected chi connectivity index (χ1v) is 10.0. The largest absolute Gasteiger partial charge is 0.497 e. The van der Waals surface area contributed by atoms with Gasteiger partial charge in [0.25, 0.3) is 0 Å². The van der Waals surface area contributed by atoms with Gasteiger partial charge in [-0.15, -0.1) is 0 Å². The van der Waals surface area contributed by atoms with Gasteiger partial charge in [-0.1, -0.05) is 46.3 Å². The second-order valence-corrected chi connectivity index (χ2v) is 7.85. The van der Waals surface area contributed by atoms with Crippen LogP contribution in [0.25, 0.3) is 0 Å². The molecule has 0 spiro atoms. The van der Waals surface area contributed by atoms with Crippen LogP contribution in [0.2, 0.25) is 0 Å². The van der Waals surface area contributed by atoms with Gasteiger partial charge in [-0.3, -0.25) is 0 Å². The zero-order valence-corrected chi connectivity index (χ0v) is 17.0. The molecule has 0 radical (unpaired) electrons. The molecular formula is C23H19BrN2O2. The molecule has 5 rings (SSSR count). The maximum absolute atomic E-state index is 6.38. The molecule has 0 unspecified atom stereocenters. The van der Waals surface area contributed by atoms with Crippen LogP contribution in [-0.2, 0) is 0 Å². The lowest BCUT2D eigenvalue weighted by Gasteiger charge is -2.38. The maximum Gasteiger partial charge on any atom is 0.213 e. The van der Waals surface area contributed by atoms with Gasteiger partial charge in [-0.05, 0) is 48.0 Å². The summed E-state index contributed by atoms with van der Waals surface area (Å²) in [6.07, 6.45) is 0.591. The van der Waals surface area contributed by atoms with Gasteiger partial charge in [0.1, 0.15) is 11.5 Å². The van der Waals surface area contributed by atoms with Crippen molar-refractivity contribution in [1.82, 2.24) is 5.01 Å². The normalized spacial score (nSPS) is 20.1. The number of hydrogen-bond acceptors (Lipinski definition) is 4. The second-order valence-electron chi connectivity index (χ2n) is 6.93. The highest BCUT2D eigenvalue weighted by atomic mass is 79.9. The number of rotatable bonds is 3. The summed E-state index contributed by atoms with van der Waals surface area (Å²) in [5.41, 5.74) is 4.46. The molecule has 0 fully saturated rings. The van der Waals surface area contributed by atoms with Crippen molar-refractivity contribution in [1.29, 1.82) is 0 Å². The number of benzene rings is 3. The molecule has 2 aliphatic rings. The van der Waals surface area contributed by atoms with Crippen LogP contribution in [0.5, 0.6) is 11.5 Å². The third-order valence-corrected chi connectivity index (χ3v) is 5.81. The number of nitrogens with zero attached hydrogens (tertiary/aromatic N) is 2. The minimum absolute atomic E-state index is 0.163. The average molecular weight is 435 g/mol. The summed E-state index contributed by atoms with van der Waals surface area (Å²) in [6, 6.07) is 24.8. The molecule has 0 aliphatic carbocycles. The number of hydrogen-bond donors (Lipinski definition) is 0. The monoisotopic (exact) mass is 434 g/mol. The molecule has 0 saturated heterocycles. The van der Waals surface area contributed by atoms with Crippen LogP contribution < -0.4 is 9.47 Å². The van der Waals surface area contributed by atoms with Crippen LogP contribution in [0.15, 0.2) is 82.4 Å². The fraction of sp³-hybridized carbons (Fsp3) is 0.174. The van der Waals surface area contributed by atoms with Crippen molar-refractivity contribution in [2.75, 3.05) is 7.11 Å². The Hall–Kier alpha value is -2.79. The molecule has 28 heavy (non-hydrogen) atoms. The lowest BCUT2D eigenvalue weighted by molar-refractivity contribution is -0.0190. The van der Waals surface area contributed by atoms with Gasteiger partial charge in [-0.2, -0.15) is 5.10 Å². The molecule has 0 aromatic heterocycles. The Morgan fingerprint density at radius 1 is 1.00 bits per heavy atom. The van der Waals surface area contributed by atoms with E-state index in [9.17, 15) is 0 Å². The van der Waals surface area contributed by atoms with Crippen LogP contribution in [-0.4, -0.2) is 17.8 Å². The predicted octanol–water partition coefficient (Wildman–Crippen LogP) is 5.70. The fourth-order valence-electron chi connectivity index (χ4n) is 3.84. The number of halogens is 1. The topological polar surface area (TPSA) is 34.1 Å². The zero-order valence-electron chi connectivity index (χ0n) is 15.4. The van der Waals surface area contributed by atoms with E-state index in [1.165, 1.54) is 5.56 Å². The number of fused-ring (bicyclic) bond motifs is 3. The lowest BCUT2D eigenvalue weighted by Crippen LogP contribution is -2.33. The molecule has 0 amide bonds. The third-order valence-electron chi connectivity index (χ3n) is 5.28. The molecule has 2 atom stereocenters. The summed E-state index contributed by atoms with van der Waals surface area (Å²) >= 11 is 3.51. The summed E-state index contributed by atoms with van der Waals surface area (Å²) in [4.78, 5) is 0. The molecule has 5 heteroatoms. The number of hydrazone groups is 1. The molecule has 2 aliphatic heterocycles. The zero-order chi connectivity index (χ0) is 19.1. The molecule has 3 aromatic carbocycles. The number of para-hydroxylation sites is 1. The first-order valence-electron chi connectivity index (χ1n) is 9.24. The highest BCUT2D eigenvalue weighted by Crippen LogP contribution is 2.47. The quantitative estimate of drug-likeness (QED) is 0.529. The van der Waals surface area contributed by atoms with Gasteiger partial charge in [0.15, 0.2) is 0 Å². The van der Waals surface area contributed by atoms with E-state index in [2.05, 4.69) is 57.3 Å². The van der Waals surface area contributed by atoms with Crippen molar-refractivity contribution in [3.63, 3.8) is 0 Å². The molecule has 0 bridgehead atoms. The molecule has 2 heterocycles. The van der Waals surface area contributed by atoms with Crippen molar-refractivity contribution in [3.8, 4) is 11.5 Å². The molecule has 0 N–H and O–H groups in total. The summed E-state index contributed by atoms with van der Waals surface area (Å²) in [5.74, 6) is 1.76. The van der Waals surface area contributed by atoms with E-state index >= 15 is 0 Å². The van der Waals surface area contributed by atoms with Crippen molar-refractivity contribution in [3.05, 3.63) is 94.0 Å². The SMILES string of the molecule is COc1ccc([C@H]2Oc3ccccc3[C@H]3CC(c4ccc(Br)cc4)=NN32)cc1. The Morgan fingerprint density at radius 2 is 1.75 bits per heavy atom. The van der Waals surface area contributed by atoms with E-state index in [0.717, 1.165) is 39.2 Å². The maximum atomic E-state index is 6.38. The van der Waals surface area contributed by atoms with E-state index in [0.29, 0.717) is 0 Å². The summed E-state index contributed by atoms with van der Waals surface area (Å²) in [6.45, 7) is 0. The lowest BCUT2D eigenvalue weighted by atomic mass is 9.96. The second kappa shape index (κ2) is 6.99. The van der Waals surface area contributed by atoms with E-state index in [4.69, 9.17) is 14.6 Å². The van der Waals surface area contributed by atoms with Gasteiger partial charge in [0.2, 0.25) is 6.23 Å². The molecule has 140 valence electrons. The van der Waals surface area contributed by atoms with Gasteiger partial charge in [-0.25, -0.2) is 5.01 Å². The first kappa shape index (κ1) is 17.3. The Balaban J connectivity index is 1.56. The Morgan fingerprint density at radius 3 is 2.50 bits per heavy atom. The number of methoxy groups -OCH3 is 1. The predicted molar refractivity (Wildman–Crippen MR) is 113 cm³/mol. The highest BCUT2D eigenvalue weighted by Gasteiger charge is 2.40. The first-order chi connectivity index (χ1) is 13.7. The molecule has 4 nitrogen and oxygen atoms in total. The van der Waals surface area contributed by atoms with E-state index in [1.54, 1.807) is 7.11 Å². The van der Waals surface area contributed by atoms with E-state index < -0.39 is 0 Å². The summed E-state index contributed by atoms with van der Waals surface area (Å²) < 4.78 is 12.7. The van der Waals surface area contributed by atoms with Crippen LogP contribution >= 0.6 is 15.9 Å². The van der Waals surface area contributed by atoms with Gasteiger partial charge < -0.3 is 9.47 Å². The van der Waals surface area contributed by atoms with Gasteiger partial charge in [0, 0.05) is 22.0 Å². The summed E-state index contributed by atoms with van der Waals surface area (Å²) in [7, 11) is 1.67. The minimum atomic E-state index is -0.265. The highest BCUT2D eigenvalue weighted by molar-refractivity contribution is 9.10. The van der Waals surface area contributed by atoms with E-state index in [-0.39, 0.29) is 12.3 Å². The molecule has 0 saturated carbocycles. The third kappa shape index (κ3) is 2.96. The smallest absolute Gasteiger partial charge is 0.213 e. The fourth-order valence-corrected chi connectivity index (χ4v) is 4.10. The van der Waals surface area contributed by atoms with Crippen LogP contribution in [0.3, 0.4) is 0 Å². The number of ether oxygens (including phenoxy) is 2. The Kier molecular flexibility index (Phi) is 4.32. The van der Waals surface area contributed by atoms with Crippen molar-refractivity contribution >= 4 is 21.6 Å². The molecular weight excluding hydrogens is 416 g/mol. The van der Waals surface area contributed by atoms with Crippen LogP contribution in [0, 0.1) is 0 Å². The summed E-state index contributed by atoms with van der Waals surface area (Å²) in [5, 5.41) is 7.09. The van der Waals surface area contributed by atoms with Crippen molar-refractivity contribution in [2.45, 2.75) is 18.7 Å². The van der Waals surface area contributed by atoms with Crippen molar-refractivity contribution < 1.29 is 9.47 Å². The average Bonchev–Trinajstić information content (AvgIpc) is 3.19. The Bertz CT molecular complexity index is 1030. The van der Waals surface area contributed by atoms with E-state index in [1.807, 2.05) is 36.4 Å². The van der Waals surface area contributed by atoms with Crippen molar-refractivity contribution in [2.24, 2.45) is 5.10 Å². The van der Waals surface area contributed by atoms with Crippen LogP contribution in [0.1, 0.15) is 35.4 Å². The molecule has 3 aromatic rings. The van der Waals surface area contributed by atoms with Crippen LogP contribution in [0.4, 0.5) is 0 Å². The standard InChI is InChI=1S/C23H19BrN2O2/c1-27-18-12-8-16(9-13-18)23-26-21(19-4-2-3-5-22(19)28-23)14-20(25-26)15-6-10-17(24)11-7-15/h2-13,21,23H,14H2,1H3/t21-,23-/m1/s1. The van der Waals surface area contributed by atoms with Gasteiger partial charge in [0.05, 0.1) is 18.9 Å². The minimum Gasteiger partial charge on any atom is -0.497 e. The van der Waals surface area contributed by atoms with Gasteiger partial charge >= 0.3 is 0 Å². The Labute approximate surface area is 172 Å².